The van der Waals surface area contributed by atoms with Gasteiger partial charge in [0.05, 0.1) is 28.9 Å². The molecule has 2 aromatic heterocycles. The third kappa shape index (κ3) is 3.57. The molecular formula is C24H27N3O3S. The summed E-state index contributed by atoms with van der Waals surface area (Å²) in [6.45, 7) is 7.56. The molecule has 0 unspecified atom stereocenters. The predicted molar refractivity (Wildman–Crippen MR) is 123 cm³/mol. The Labute approximate surface area is 186 Å². The molecule has 1 amide bonds. The van der Waals surface area contributed by atoms with Gasteiger partial charge in [-0.05, 0) is 69.7 Å². The number of hydrogen-bond acceptors (Lipinski definition) is 5. The zero-order valence-electron chi connectivity index (χ0n) is 18.8. The van der Waals surface area contributed by atoms with Gasteiger partial charge < -0.3 is 9.64 Å². The molecule has 31 heavy (non-hydrogen) atoms. The summed E-state index contributed by atoms with van der Waals surface area (Å²) in [6, 6.07) is 7.80. The van der Waals surface area contributed by atoms with Crippen molar-refractivity contribution in [2.75, 3.05) is 14.2 Å². The number of hydrogen-bond donors (Lipinski definition) is 0. The van der Waals surface area contributed by atoms with Gasteiger partial charge in [0.25, 0.3) is 5.91 Å². The molecule has 0 saturated carbocycles. The number of nitrogens with zero attached hydrogens (tertiary/aromatic N) is 3. The third-order valence-corrected chi connectivity index (χ3v) is 6.75. The number of amides is 1. The molecule has 3 heterocycles. The van der Waals surface area contributed by atoms with E-state index in [1.807, 2.05) is 57.5 Å². The SMILES string of the molecule is COc1cc2c(cc1C(C)=O)-n1c(-c3cccs3)nc(C(=O)N(C)C(C)(C)C)c1CC2. The van der Waals surface area contributed by atoms with Gasteiger partial charge in [-0.25, -0.2) is 4.98 Å². The number of ether oxygens (including phenoxy) is 1. The molecule has 0 atom stereocenters. The van der Waals surface area contributed by atoms with E-state index in [0.29, 0.717) is 23.4 Å². The van der Waals surface area contributed by atoms with Crippen molar-refractivity contribution in [1.29, 1.82) is 0 Å². The van der Waals surface area contributed by atoms with Crippen molar-refractivity contribution in [3.05, 3.63) is 52.2 Å². The predicted octanol–water partition coefficient (Wildman–Crippen LogP) is 4.78. The Bertz CT molecular complexity index is 1170. The highest BCUT2D eigenvalue weighted by Crippen LogP contribution is 2.38. The maximum Gasteiger partial charge on any atom is 0.274 e. The number of fused-ring (bicyclic) bond motifs is 3. The van der Waals surface area contributed by atoms with Gasteiger partial charge in [0.2, 0.25) is 0 Å². The topological polar surface area (TPSA) is 64.4 Å². The second kappa shape index (κ2) is 7.64. The van der Waals surface area contributed by atoms with Crippen LogP contribution in [0.1, 0.15) is 59.8 Å². The number of carbonyl (C=O) groups is 2. The second-order valence-corrected chi connectivity index (χ2v) is 9.76. The summed E-state index contributed by atoms with van der Waals surface area (Å²) < 4.78 is 7.53. The molecule has 0 bridgehead atoms. The van der Waals surface area contributed by atoms with E-state index in [1.54, 1.807) is 23.3 Å². The summed E-state index contributed by atoms with van der Waals surface area (Å²) in [5.41, 5.74) is 3.54. The van der Waals surface area contributed by atoms with Crippen LogP contribution in [0.5, 0.6) is 5.75 Å². The van der Waals surface area contributed by atoms with E-state index in [0.717, 1.165) is 34.1 Å². The summed E-state index contributed by atoms with van der Waals surface area (Å²) in [5.74, 6) is 1.16. The number of benzene rings is 1. The van der Waals surface area contributed by atoms with Gasteiger partial charge in [-0.2, -0.15) is 0 Å². The number of carbonyl (C=O) groups excluding carboxylic acids is 2. The van der Waals surface area contributed by atoms with Gasteiger partial charge in [0, 0.05) is 12.6 Å². The summed E-state index contributed by atoms with van der Waals surface area (Å²) in [7, 11) is 3.39. The van der Waals surface area contributed by atoms with Gasteiger partial charge in [-0.15, -0.1) is 11.3 Å². The Balaban J connectivity index is 1.98. The number of aromatic nitrogens is 2. The maximum atomic E-state index is 13.4. The van der Waals surface area contributed by atoms with Crippen molar-refractivity contribution in [2.24, 2.45) is 0 Å². The molecule has 0 saturated heterocycles. The van der Waals surface area contributed by atoms with Gasteiger partial charge in [-0.3, -0.25) is 14.2 Å². The summed E-state index contributed by atoms with van der Waals surface area (Å²) in [5, 5.41) is 2.00. The molecule has 3 aromatic rings. The fraction of sp³-hybridized carbons (Fsp3) is 0.375. The van der Waals surface area contributed by atoms with Gasteiger partial charge in [0.1, 0.15) is 5.75 Å². The minimum atomic E-state index is -0.321. The fourth-order valence-electron chi connectivity index (χ4n) is 3.87. The number of thiophene rings is 1. The first-order valence-electron chi connectivity index (χ1n) is 10.3. The quantitative estimate of drug-likeness (QED) is 0.551. The number of methoxy groups -OCH3 is 1. The molecule has 0 N–H and O–H groups in total. The van der Waals surface area contributed by atoms with Crippen LogP contribution in [0.3, 0.4) is 0 Å². The molecule has 0 spiro atoms. The van der Waals surface area contributed by atoms with Crippen molar-refractivity contribution in [1.82, 2.24) is 14.5 Å². The van der Waals surface area contributed by atoms with Gasteiger partial charge in [-0.1, -0.05) is 6.07 Å². The van der Waals surface area contributed by atoms with E-state index in [2.05, 4.69) is 4.57 Å². The Morgan fingerprint density at radius 2 is 1.97 bits per heavy atom. The van der Waals surface area contributed by atoms with E-state index in [-0.39, 0.29) is 17.2 Å². The molecule has 1 aromatic carbocycles. The second-order valence-electron chi connectivity index (χ2n) is 8.82. The summed E-state index contributed by atoms with van der Waals surface area (Å²) in [6.07, 6.45) is 1.44. The molecule has 7 heteroatoms. The lowest BCUT2D eigenvalue weighted by atomic mass is 9.96. The van der Waals surface area contributed by atoms with Crippen LogP contribution in [-0.2, 0) is 12.8 Å². The van der Waals surface area contributed by atoms with Crippen molar-refractivity contribution in [3.8, 4) is 22.1 Å². The van der Waals surface area contributed by atoms with Crippen LogP contribution in [0.25, 0.3) is 16.4 Å². The molecule has 4 rings (SSSR count). The standard InChI is InChI=1S/C24H27N3O3S/c1-14(28)16-13-18-15(12-19(16)30-6)9-10-17-21(23(29)26(5)24(2,3)4)25-22(27(17)18)20-8-7-11-31-20/h7-8,11-13H,9-10H2,1-6H3. The van der Waals surface area contributed by atoms with Crippen molar-refractivity contribution < 1.29 is 14.3 Å². The lowest BCUT2D eigenvalue weighted by Gasteiger charge is -2.32. The first-order chi connectivity index (χ1) is 14.6. The zero-order valence-corrected chi connectivity index (χ0v) is 19.6. The Morgan fingerprint density at radius 1 is 1.23 bits per heavy atom. The minimum absolute atomic E-state index is 0.0617. The van der Waals surface area contributed by atoms with E-state index in [4.69, 9.17) is 9.72 Å². The van der Waals surface area contributed by atoms with Crippen LogP contribution in [0, 0.1) is 0 Å². The third-order valence-electron chi connectivity index (χ3n) is 5.88. The first kappa shape index (κ1) is 21.3. The molecule has 6 nitrogen and oxygen atoms in total. The van der Waals surface area contributed by atoms with Gasteiger partial charge in [0.15, 0.2) is 17.3 Å². The smallest absolute Gasteiger partial charge is 0.274 e. The maximum absolute atomic E-state index is 13.4. The summed E-state index contributed by atoms with van der Waals surface area (Å²) >= 11 is 1.58. The Morgan fingerprint density at radius 3 is 2.55 bits per heavy atom. The Kier molecular flexibility index (Phi) is 5.25. The van der Waals surface area contributed by atoms with Crippen LogP contribution < -0.4 is 4.74 Å². The lowest BCUT2D eigenvalue weighted by molar-refractivity contribution is 0.0648. The van der Waals surface area contributed by atoms with Crippen LogP contribution in [0.4, 0.5) is 0 Å². The average molecular weight is 438 g/mol. The molecule has 0 fully saturated rings. The van der Waals surface area contributed by atoms with Gasteiger partial charge >= 0.3 is 0 Å². The molecule has 1 aliphatic rings. The van der Waals surface area contributed by atoms with Crippen molar-refractivity contribution >= 4 is 23.0 Å². The van der Waals surface area contributed by atoms with E-state index < -0.39 is 0 Å². The van der Waals surface area contributed by atoms with E-state index in [1.165, 1.54) is 6.92 Å². The van der Waals surface area contributed by atoms with Crippen LogP contribution >= 0.6 is 11.3 Å². The normalized spacial score (nSPS) is 12.8. The minimum Gasteiger partial charge on any atom is -0.496 e. The van der Waals surface area contributed by atoms with Crippen LogP contribution in [0.15, 0.2) is 29.6 Å². The van der Waals surface area contributed by atoms with Crippen LogP contribution in [-0.4, -0.2) is 45.8 Å². The van der Waals surface area contributed by atoms with E-state index in [9.17, 15) is 9.59 Å². The molecule has 162 valence electrons. The molecule has 0 radical (unpaired) electrons. The van der Waals surface area contributed by atoms with Crippen molar-refractivity contribution in [2.45, 2.75) is 46.1 Å². The fourth-order valence-corrected chi connectivity index (χ4v) is 4.57. The summed E-state index contributed by atoms with van der Waals surface area (Å²) in [4.78, 5) is 33.3. The number of imidazole rings is 1. The monoisotopic (exact) mass is 437 g/mol. The largest absolute Gasteiger partial charge is 0.496 e. The Hall–Kier alpha value is -2.93. The number of Topliss-reactive ketones (excluding diaryl/α,β-unsaturated/α-hetero) is 1. The number of ketones is 1. The average Bonchev–Trinajstić information content (AvgIpc) is 3.38. The molecular weight excluding hydrogens is 410 g/mol. The highest BCUT2D eigenvalue weighted by Gasteiger charge is 2.33. The van der Waals surface area contributed by atoms with Crippen molar-refractivity contribution in [3.63, 3.8) is 0 Å². The van der Waals surface area contributed by atoms with Crippen LogP contribution in [0.2, 0.25) is 0 Å². The highest BCUT2D eigenvalue weighted by molar-refractivity contribution is 7.13. The zero-order chi connectivity index (χ0) is 22.5. The molecule has 0 aliphatic carbocycles. The van der Waals surface area contributed by atoms with E-state index >= 15 is 0 Å². The number of rotatable bonds is 4. The molecule has 1 aliphatic heterocycles. The first-order valence-corrected chi connectivity index (χ1v) is 11.2. The lowest BCUT2D eigenvalue weighted by Crippen LogP contribution is -2.43. The number of aryl methyl sites for hydroxylation is 1. The highest BCUT2D eigenvalue weighted by atomic mass is 32.1.